The number of piperidine rings is 1. The number of amides is 3. The van der Waals surface area contributed by atoms with Gasteiger partial charge in [-0.2, -0.15) is 13.2 Å². The number of carbonyl (C=O) groups is 3. The SMILES string of the molecule is CC(C)(C)OC(=O)N[C@@H](CC(=O)N1CCc2c(cccc2C(F)(F)F)C1)CN1CC(F)(F)CCC1=O. The Balaban J connectivity index is 1.74. The molecule has 2 aliphatic rings. The number of nitrogens with one attached hydrogen (secondary N) is 1. The molecule has 1 aromatic rings. The van der Waals surface area contributed by atoms with Gasteiger partial charge in [-0.1, -0.05) is 12.1 Å². The summed E-state index contributed by atoms with van der Waals surface area (Å²) in [5.74, 6) is -4.09. The van der Waals surface area contributed by atoms with Crippen LogP contribution in [0.5, 0.6) is 0 Å². The molecule has 0 saturated carbocycles. The lowest BCUT2D eigenvalue weighted by atomic mass is 9.94. The molecule has 1 aromatic carbocycles. The third-order valence-corrected chi connectivity index (χ3v) is 5.99. The van der Waals surface area contributed by atoms with Crippen molar-refractivity contribution >= 4 is 17.9 Å². The summed E-state index contributed by atoms with van der Waals surface area (Å²) in [5, 5.41) is 2.49. The Morgan fingerprint density at radius 2 is 1.86 bits per heavy atom. The van der Waals surface area contributed by atoms with Gasteiger partial charge in [0.1, 0.15) is 5.60 Å². The number of hydrogen-bond acceptors (Lipinski definition) is 4. The van der Waals surface area contributed by atoms with Crippen LogP contribution in [-0.2, 0) is 33.5 Å². The van der Waals surface area contributed by atoms with Crippen LogP contribution in [0.15, 0.2) is 18.2 Å². The standard InChI is InChI=1S/C24H30F5N3O4/c1-22(2,3)36-21(35)30-16(13-32-14-23(25,26)9-7-19(32)33)11-20(34)31-10-8-17-15(12-31)5-4-6-18(17)24(27,28)29/h4-6,16H,7-14H2,1-3H3,(H,30,35)/t16-/m0/s1. The zero-order chi connectivity index (χ0) is 26.9. The summed E-state index contributed by atoms with van der Waals surface area (Å²) < 4.78 is 73.0. The molecule has 2 heterocycles. The molecule has 0 aliphatic carbocycles. The Kier molecular flexibility index (Phi) is 7.85. The molecule has 0 unspecified atom stereocenters. The normalized spacial score (nSPS) is 18.9. The van der Waals surface area contributed by atoms with Crippen molar-refractivity contribution in [2.45, 2.75) is 76.7 Å². The quantitative estimate of drug-likeness (QED) is 0.594. The van der Waals surface area contributed by atoms with Crippen molar-refractivity contribution in [1.82, 2.24) is 15.1 Å². The minimum Gasteiger partial charge on any atom is -0.444 e. The third kappa shape index (κ3) is 7.30. The van der Waals surface area contributed by atoms with Crippen LogP contribution in [-0.4, -0.2) is 64.9 Å². The van der Waals surface area contributed by atoms with Gasteiger partial charge >= 0.3 is 12.3 Å². The summed E-state index contributed by atoms with van der Waals surface area (Å²) in [5.41, 5.74) is -1.09. The fourth-order valence-electron chi connectivity index (χ4n) is 4.39. The van der Waals surface area contributed by atoms with Crippen LogP contribution in [0.4, 0.5) is 26.7 Å². The van der Waals surface area contributed by atoms with E-state index >= 15 is 0 Å². The summed E-state index contributed by atoms with van der Waals surface area (Å²) in [6.07, 6.45) is -6.66. The Hall–Kier alpha value is -2.92. The van der Waals surface area contributed by atoms with Crippen LogP contribution < -0.4 is 5.32 Å². The number of halogens is 5. The number of nitrogens with zero attached hydrogens (tertiary/aromatic N) is 2. The molecule has 0 radical (unpaired) electrons. The van der Waals surface area contributed by atoms with Crippen molar-refractivity contribution in [3.63, 3.8) is 0 Å². The summed E-state index contributed by atoms with van der Waals surface area (Å²) in [6.45, 7) is 3.69. The van der Waals surface area contributed by atoms with Gasteiger partial charge in [-0.3, -0.25) is 9.59 Å². The number of ether oxygens (including phenoxy) is 1. The minimum atomic E-state index is -4.51. The van der Waals surface area contributed by atoms with Gasteiger partial charge in [-0.05, 0) is 44.4 Å². The fourth-order valence-corrected chi connectivity index (χ4v) is 4.39. The number of hydrogen-bond donors (Lipinski definition) is 1. The van der Waals surface area contributed by atoms with E-state index in [4.69, 9.17) is 4.74 Å². The highest BCUT2D eigenvalue weighted by molar-refractivity contribution is 5.80. The molecule has 36 heavy (non-hydrogen) atoms. The average molecular weight is 520 g/mol. The molecule has 1 atom stereocenters. The molecule has 2 aliphatic heterocycles. The number of benzene rings is 1. The molecule has 200 valence electrons. The largest absolute Gasteiger partial charge is 0.444 e. The van der Waals surface area contributed by atoms with Gasteiger partial charge in [0.2, 0.25) is 11.8 Å². The summed E-state index contributed by atoms with van der Waals surface area (Å²) >= 11 is 0. The predicted molar refractivity (Wildman–Crippen MR) is 119 cm³/mol. The molecular formula is C24H30F5N3O4. The lowest BCUT2D eigenvalue weighted by Crippen LogP contribution is -2.53. The van der Waals surface area contributed by atoms with E-state index in [1.165, 1.54) is 17.0 Å². The third-order valence-electron chi connectivity index (χ3n) is 5.99. The van der Waals surface area contributed by atoms with Crippen molar-refractivity contribution in [2.24, 2.45) is 0 Å². The van der Waals surface area contributed by atoms with E-state index in [1.807, 2.05) is 0 Å². The van der Waals surface area contributed by atoms with Gasteiger partial charge in [0.05, 0.1) is 18.2 Å². The molecule has 3 amide bonds. The van der Waals surface area contributed by atoms with Gasteiger partial charge in [0.15, 0.2) is 0 Å². The highest BCUT2D eigenvalue weighted by Gasteiger charge is 2.40. The Morgan fingerprint density at radius 3 is 2.50 bits per heavy atom. The van der Waals surface area contributed by atoms with Crippen LogP contribution in [0, 0.1) is 0 Å². The molecule has 1 fully saturated rings. The van der Waals surface area contributed by atoms with E-state index in [0.717, 1.165) is 11.0 Å². The maximum Gasteiger partial charge on any atom is 0.416 e. The van der Waals surface area contributed by atoms with Crippen molar-refractivity contribution in [3.8, 4) is 0 Å². The first-order chi connectivity index (χ1) is 16.5. The lowest BCUT2D eigenvalue weighted by molar-refractivity contribution is -0.148. The van der Waals surface area contributed by atoms with Crippen LogP contribution in [0.25, 0.3) is 0 Å². The Labute approximate surface area is 205 Å². The zero-order valence-corrected chi connectivity index (χ0v) is 20.4. The first kappa shape index (κ1) is 27.7. The van der Waals surface area contributed by atoms with Crippen LogP contribution in [0.2, 0.25) is 0 Å². The maximum absolute atomic E-state index is 13.9. The molecule has 7 nitrogen and oxygen atoms in total. The van der Waals surface area contributed by atoms with E-state index in [2.05, 4.69) is 5.32 Å². The summed E-state index contributed by atoms with van der Waals surface area (Å²) in [7, 11) is 0. The lowest BCUT2D eigenvalue weighted by Gasteiger charge is -2.36. The van der Waals surface area contributed by atoms with Gasteiger partial charge in [0.25, 0.3) is 5.92 Å². The summed E-state index contributed by atoms with van der Waals surface area (Å²) in [4.78, 5) is 39.9. The number of alkyl halides is 5. The minimum absolute atomic E-state index is 0.00223. The van der Waals surface area contributed by atoms with Crippen molar-refractivity contribution in [1.29, 1.82) is 0 Å². The number of fused-ring (bicyclic) bond motifs is 1. The van der Waals surface area contributed by atoms with E-state index in [1.54, 1.807) is 20.8 Å². The molecule has 0 bridgehead atoms. The van der Waals surface area contributed by atoms with E-state index < -0.39 is 60.2 Å². The number of alkyl carbamates (subject to hydrolysis) is 1. The van der Waals surface area contributed by atoms with Crippen molar-refractivity contribution in [3.05, 3.63) is 34.9 Å². The second kappa shape index (κ2) is 10.2. The monoisotopic (exact) mass is 519 g/mol. The average Bonchev–Trinajstić information content (AvgIpc) is 2.73. The van der Waals surface area contributed by atoms with Gasteiger partial charge in [-0.25, -0.2) is 13.6 Å². The second-order valence-corrected chi connectivity index (χ2v) is 10.2. The van der Waals surface area contributed by atoms with Crippen LogP contribution in [0.1, 0.15) is 56.7 Å². The Bertz CT molecular complexity index is 1010. The van der Waals surface area contributed by atoms with Gasteiger partial charge in [-0.15, -0.1) is 0 Å². The molecule has 0 spiro atoms. The smallest absolute Gasteiger partial charge is 0.416 e. The van der Waals surface area contributed by atoms with Crippen molar-refractivity contribution < 1.29 is 41.1 Å². The maximum atomic E-state index is 13.9. The van der Waals surface area contributed by atoms with Crippen LogP contribution in [0.3, 0.4) is 0 Å². The second-order valence-electron chi connectivity index (χ2n) is 10.2. The van der Waals surface area contributed by atoms with Crippen molar-refractivity contribution in [2.75, 3.05) is 19.6 Å². The molecule has 3 rings (SSSR count). The topological polar surface area (TPSA) is 79.0 Å². The molecule has 0 aromatic heterocycles. The molecule has 1 N–H and O–H groups in total. The number of likely N-dealkylation sites (tertiary alicyclic amines) is 1. The highest BCUT2D eigenvalue weighted by Crippen LogP contribution is 2.35. The van der Waals surface area contributed by atoms with Gasteiger partial charge in [0, 0.05) is 38.9 Å². The van der Waals surface area contributed by atoms with E-state index in [-0.39, 0.29) is 44.5 Å². The van der Waals surface area contributed by atoms with Gasteiger partial charge < -0.3 is 19.9 Å². The highest BCUT2D eigenvalue weighted by atomic mass is 19.4. The zero-order valence-electron chi connectivity index (χ0n) is 20.4. The first-order valence-electron chi connectivity index (χ1n) is 11.6. The molecular weight excluding hydrogens is 489 g/mol. The predicted octanol–water partition coefficient (Wildman–Crippen LogP) is 4.13. The fraction of sp³-hybridized carbons (Fsp3) is 0.625. The van der Waals surface area contributed by atoms with E-state index in [0.29, 0.717) is 5.56 Å². The summed E-state index contributed by atoms with van der Waals surface area (Å²) in [6, 6.07) is 2.77. The number of rotatable bonds is 5. The Morgan fingerprint density at radius 1 is 1.17 bits per heavy atom. The molecule has 1 saturated heterocycles. The van der Waals surface area contributed by atoms with Crippen LogP contribution >= 0.6 is 0 Å². The first-order valence-corrected chi connectivity index (χ1v) is 11.6. The number of carbonyl (C=O) groups excluding carboxylic acids is 3. The van der Waals surface area contributed by atoms with E-state index in [9.17, 15) is 36.3 Å². The molecule has 12 heteroatoms.